The number of hydrogen-bond acceptors (Lipinski definition) is 7. The second kappa shape index (κ2) is 9.93. The Morgan fingerprint density at radius 1 is 1.09 bits per heavy atom. The molecule has 0 radical (unpaired) electrons. The van der Waals surface area contributed by atoms with Crippen LogP contribution >= 0.6 is 23.4 Å². The van der Waals surface area contributed by atoms with Crippen LogP contribution in [0.25, 0.3) is 5.69 Å². The van der Waals surface area contributed by atoms with Crippen molar-refractivity contribution in [1.29, 1.82) is 0 Å². The second-order valence-electron chi connectivity index (χ2n) is 7.14. The number of ketones is 1. The van der Waals surface area contributed by atoms with Crippen molar-refractivity contribution in [2.45, 2.75) is 24.8 Å². The number of carbonyl (C=O) groups excluding carboxylic acids is 2. The fraction of sp³-hybridized carbons (Fsp3) is 0.130. The summed E-state index contributed by atoms with van der Waals surface area (Å²) < 4.78 is 1.59. The van der Waals surface area contributed by atoms with Gasteiger partial charge in [-0.15, -0.1) is 5.10 Å². The van der Waals surface area contributed by atoms with Crippen LogP contribution in [-0.4, -0.2) is 36.7 Å². The van der Waals surface area contributed by atoms with Crippen LogP contribution in [0, 0.1) is 6.92 Å². The summed E-state index contributed by atoms with van der Waals surface area (Å²) in [4.78, 5) is 33.0. The van der Waals surface area contributed by atoms with E-state index in [2.05, 4.69) is 25.6 Å². The summed E-state index contributed by atoms with van der Waals surface area (Å²) in [5, 5.41) is 12.3. The van der Waals surface area contributed by atoms with Crippen LogP contribution in [0.3, 0.4) is 0 Å². The molecule has 0 bridgehead atoms. The molecule has 0 spiro atoms. The molecule has 33 heavy (non-hydrogen) atoms. The molecule has 2 aromatic carbocycles. The molecule has 4 aromatic rings. The summed E-state index contributed by atoms with van der Waals surface area (Å²) in [6.45, 7) is 3.40. The van der Waals surface area contributed by atoms with Gasteiger partial charge in [0.25, 0.3) is 5.91 Å². The van der Waals surface area contributed by atoms with Crippen molar-refractivity contribution in [3.8, 4) is 5.69 Å². The van der Waals surface area contributed by atoms with E-state index in [4.69, 9.17) is 11.6 Å². The minimum atomic E-state index is -0.417. The number of nitrogens with zero attached hydrogens (tertiary/aromatic N) is 5. The average Bonchev–Trinajstić information content (AvgIpc) is 3.24. The van der Waals surface area contributed by atoms with Crippen molar-refractivity contribution in [3.05, 3.63) is 88.5 Å². The van der Waals surface area contributed by atoms with Gasteiger partial charge >= 0.3 is 0 Å². The highest BCUT2D eigenvalue weighted by atomic mass is 35.5. The highest BCUT2D eigenvalue weighted by Crippen LogP contribution is 2.25. The average molecular weight is 479 g/mol. The van der Waals surface area contributed by atoms with Gasteiger partial charge < -0.3 is 5.32 Å². The van der Waals surface area contributed by atoms with Gasteiger partial charge in [-0.2, -0.15) is 0 Å². The first-order chi connectivity index (χ1) is 15.9. The molecule has 0 aliphatic heterocycles. The van der Waals surface area contributed by atoms with E-state index >= 15 is 0 Å². The third-order valence-corrected chi connectivity index (χ3v) is 6.10. The van der Waals surface area contributed by atoms with Crippen LogP contribution in [0.15, 0.2) is 66.1 Å². The molecule has 4 rings (SSSR count). The lowest BCUT2D eigenvalue weighted by atomic mass is 10.1. The lowest BCUT2D eigenvalue weighted by Gasteiger charge is -2.09. The highest BCUT2D eigenvalue weighted by Gasteiger charge is 2.22. The van der Waals surface area contributed by atoms with E-state index in [0.717, 1.165) is 5.56 Å². The monoisotopic (exact) mass is 478 g/mol. The number of hydrogen-bond donors (Lipinski definition) is 1. The largest absolute Gasteiger partial charge is 0.321 e. The van der Waals surface area contributed by atoms with Crippen molar-refractivity contribution in [2.24, 2.45) is 0 Å². The van der Waals surface area contributed by atoms with Gasteiger partial charge in [0.05, 0.1) is 11.4 Å². The van der Waals surface area contributed by atoms with E-state index in [0.29, 0.717) is 38.6 Å². The van der Waals surface area contributed by atoms with Crippen LogP contribution in [-0.2, 0) is 5.75 Å². The third kappa shape index (κ3) is 5.27. The summed E-state index contributed by atoms with van der Waals surface area (Å²) in [5.74, 6) is -0.108. The molecule has 0 aliphatic carbocycles. The number of nitrogens with one attached hydrogen (secondary N) is 1. The van der Waals surface area contributed by atoms with E-state index in [1.165, 1.54) is 18.7 Å². The fourth-order valence-electron chi connectivity index (χ4n) is 3.00. The topological polar surface area (TPSA) is 103 Å². The molecule has 0 saturated carbocycles. The van der Waals surface area contributed by atoms with Gasteiger partial charge in [0.15, 0.2) is 16.6 Å². The van der Waals surface area contributed by atoms with Crippen LogP contribution in [0.4, 0.5) is 5.69 Å². The molecule has 1 amide bonds. The normalized spacial score (nSPS) is 10.8. The van der Waals surface area contributed by atoms with Gasteiger partial charge in [-0.05, 0) is 61.9 Å². The molecule has 8 nitrogen and oxygen atoms in total. The highest BCUT2D eigenvalue weighted by molar-refractivity contribution is 7.98. The quantitative estimate of drug-likeness (QED) is 0.232. The number of thioether (sulfide) groups is 1. The Bertz CT molecular complexity index is 1310. The van der Waals surface area contributed by atoms with Crippen LogP contribution in [0.5, 0.6) is 0 Å². The van der Waals surface area contributed by atoms with E-state index < -0.39 is 5.91 Å². The molecule has 0 saturated heterocycles. The van der Waals surface area contributed by atoms with Gasteiger partial charge in [-0.3, -0.25) is 9.59 Å². The molecule has 0 unspecified atom stereocenters. The summed E-state index contributed by atoms with van der Waals surface area (Å²) in [5.41, 5.74) is 3.47. The van der Waals surface area contributed by atoms with E-state index in [-0.39, 0.29) is 11.5 Å². The molecule has 2 heterocycles. The number of rotatable bonds is 7. The van der Waals surface area contributed by atoms with E-state index in [1.54, 1.807) is 53.5 Å². The van der Waals surface area contributed by atoms with Crippen LogP contribution < -0.4 is 5.32 Å². The van der Waals surface area contributed by atoms with Crippen molar-refractivity contribution < 1.29 is 9.59 Å². The predicted molar refractivity (Wildman–Crippen MR) is 127 cm³/mol. The maximum absolute atomic E-state index is 13.1. The first-order valence-electron chi connectivity index (χ1n) is 9.95. The van der Waals surface area contributed by atoms with Gasteiger partial charge in [-0.1, -0.05) is 34.6 Å². The Balaban J connectivity index is 1.65. The minimum absolute atomic E-state index is 0.0463. The Morgan fingerprint density at radius 3 is 2.48 bits per heavy atom. The van der Waals surface area contributed by atoms with Crippen molar-refractivity contribution in [1.82, 2.24) is 25.0 Å². The summed E-state index contributed by atoms with van der Waals surface area (Å²) in [7, 11) is 0. The van der Waals surface area contributed by atoms with Gasteiger partial charge in [0.1, 0.15) is 0 Å². The van der Waals surface area contributed by atoms with E-state index in [9.17, 15) is 9.59 Å². The zero-order valence-electron chi connectivity index (χ0n) is 17.8. The number of benzene rings is 2. The standard InChI is InChI=1S/C23H19ClN6O2S/c1-14-4-9-18(12-19(14)24)30-20(13-33-23-25-10-3-11-26-23)21(28-29-30)22(32)27-17-7-5-16(6-8-17)15(2)31/h3-12H,13H2,1-2H3,(H,27,32). The molecular formula is C23H19ClN6O2S. The SMILES string of the molecule is CC(=O)c1ccc(NC(=O)c2nnn(-c3ccc(C)c(Cl)c3)c2CSc2ncccn2)cc1. The minimum Gasteiger partial charge on any atom is -0.321 e. The molecule has 0 atom stereocenters. The smallest absolute Gasteiger partial charge is 0.278 e. The Labute approximate surface area is 199 Å². The molecular weight excluding hydrogens is 460 g/mol. The second-order valence-corrected chi connectivity index (χ2v) is 8.49. The zero-order valence-corrected chi connectivity index (χ0v) is 19.4. The molecule has 0 fully saturated rings. The molecule has 1 N–H and O–H groups in total. The maximum atomic E-state index is 13.1. The van der Waals surface area contributed by atoms with Gasteiger partial charge in [0, 0.05) is 34.4 Å². The number of aryl methyl sites for hydroxylation is 1. The lowest BCUT2D eigenvalue weighted by molar-refractivity contribution is 0.101. The third-order valence-electron chi connectivity index (χ3n) is 4.81. The van der Waals surface area contributed by atoms with Crippen molar-refractivity contribution in [3.63, 3.8) is 0 Å². The number of anilines is 1. The Hall–Kier alpha value is -3.56. The van der Waals surface area contributed by atoms with Crippen LogP contribution in [0.1, 0.15) is 39.0 Å². The maximum Gasteiger partial charge on any atom is 0.278 e. The molecule has 0 aliphatic rings. The van der Waals surface area contributed by atoms with Crippen molar-refractivity contribution >= 4 is 40.7 Å². The van der Waals surface area contributed by atoms with Crippen LogP contribution in [0.2, 0.25) is 5.02 Å². The number of amides is 1. The van der Waals surface area contributed by atoms with Gasteiger partial charge in [0.2, 0.25) is 0 Å². The zero-order chi connectivity index (χ0) is 23.4. The number of aromatic nitrogens is 5. The van der Waals surface area contributed by atoms with E-state index in [1.807, 2.05) is 19.1 Å². The Morgan fingerprint density at radius 2 is 1.82 bits per heavy atom. The number of carbonyl (C=O) groups is 2. The molecule has 166 valence electrons. The fourth-order valence-corrected chi connectivity index (χ4v) is 3.97. The molecule has 10 heteroatoms. The van der Waals surface area contributed by atoms with Crippen molar-refractivity contribution in [2.75, 3.05) is 5.32 Å². The lowest BCUT2D eigenvalue weighted by Crippen LogP contribution is -2.15. The first-order valence-corrected chi connectivity index (χ1v) is 11.3. The number of Topliss-reactive ketones (excluding diaryl/α,β-unsaturated/α-hetero) is 1. The first kappa shape index (κ1) is 22.6. The summed E-state index contributed by atoms with van der Waals surface area (Å²) in [6, 6.07) is 13.9. The Kier molecular flexibility index (Phi) is 6.81. The predicted octanol–water partition coefficient (Wildman–Crippen LogP) is 4.77. The van der Waals surface area contributed by atoms with Gasteiger partial charge in [-0.25, -0.2) is 14.6 Å². The summed E-state index contributed by atoms with van der Waals surface area (Å²) >= 11 is 7.67. The number of halogens is 1. The summed E-state index contributed by atoms with van der Waals surface area (Å²) in [6.07, 6.45) is 3.31. The molecule has 2 aromatic heterocycles.